The average molecular weight is 413 g/mol. The van der Waals surface area contributed by atoms with Crippen molar-refractivity contribution in [1.82, 2.24) is 10.2 Å². The fourth-order valence-electron chi connectivity index (χ4n) is 4.83. The molecule has 1 atom stereocenters. The Labute approximate surface area is 178 Å². The number of benzene rings is 2. The van der Waals surface area contributed by atoms with Crippen LogP contribution in [-0.4, -0.2) is 63.0 Å². The zero-order valence-electron chi connectivity index (χ0n) is 18.0. The molecule has 2 aliphatic heterocycles. The molecule has 2 fully saturated rings. The molecule has 2 heterocycles. The summed E-state index contributed by atoms with van der Waals surface area (Å²) < 4.78 is 16.8. The first-order valence-corrected chi connectivity index (χ1v) is 10.8. The minimum absolute atomic E-state index is 0.0187. The molecular weight excluding hydrogens is 380 g/mol. The number of piperidine rings is 1. The van der Waals surface area contributed by atoms with Crippen LogP contribution in [0.3, 0.4) is 0 Å². The summed E-state index contributed by atoms with van der Waals surface area (Å²) in [5, 5.41) is 5.34. The minimum Gasteiger partial charge on any atom is -0.496 e. The number of nitrogens with one attached hydrogen (secondary N) is 1. The monoisotopic (exact) mass is 412 g/mol. The third-order valence-corrected chi connectivity index (χ3v) is 6.50. The van der Waals surface area contributed by atoms with E-state index in [1.807, 2.05) is 0 Å². The Balaban J connectivity index is 1.33. The summed E-state index contributed by atoms with van der Waals surface area (Å²) in [6, 6.07) is 12.7. The standard InChI is InChI=1S/C24H32N2O4/c1-28-17-23(27)25-15-19-9-10-24(30-19)11-13-26(14-12-24)16-18-7-8-22(29-2)21-6-4-3-5-20(18)21/h3-8,19H,9-17H2,1-2H3,(H,25,27)/t19-/m0/s1. The van der Waals surface area contributed by atoms with Crippen molar-refractivity contribution in [2.24, 2.45) is 0 Å². The SMILES string of the molecule is COCC(=O)NC[C@@H]1CCC2(CCN(Cc3ccc(OC)c4ccccc34)CC2)O1. The molecule has 2 aromatic rings. The van der Waals surface area contributed by atoms with E-state index in [4.69, 9.17) is 14.2 Å². The smallest absolute Gasteiger partial charge is 0.246 e. The van der Waals surface area contributed by atoms with E-state index in [0.717, 1.165) is 51.1 Å². The highest BCUT2D eigenvalue weighted by Gasteiger charge is 2.42. The molecule has 1 spiro atoms. The van der Waals surface area contributed by atoms with Gasteiger partial charge >= 0.3 is 0 Å². The van der Waals surface area contributed by atoms with Crippen molar-refractivity contribution in [2.45, 2.75) is 43.9 Å². The quantitative estimate of drug-likeness (QED) is 0.757. The second kappa shape index (κ2) is 9.33. The van der Waals surface area contributed by atoms with Crippen LogP contribution in [0.5, 0.6) is 5.75 Å². The first-order chi connectivity index (χ1) is 14.6. The van der Waals surface area contributed by atoms with Gasteiger partial charge in [-0.3, -0.25) is 9.69 Å². The Bertz CT molecular complexity index is 877. The Morgan fingerprint density at radius 1 is 1.13 bits per heavy atom. The third kappa shape index (κ3) is 4.61. The van der Waals surface area contributed by atoms with Crippen LogP contribution in [0.4, 0.5) is 0 Å². The number of carbonyl (C=O) groups excluding carboxylic acids is 1. The lowest BCUT2D eigenvalue weighted by Gasteiger charge is -2.39. The number of ether oxygens (including phenoxy) is 3. The van der Waals surface area contributed by atoms with E-state index in [9.17, 15) is 4.79 Å². The Kier molecular flexibility index (Phi) is 6.56. The van der Waals surface area contributed by atoms with E-state index in [-0.39, 0.29) is 24.2 Å². The summed E-state index contributed by atoms with van der Waals surface area (Å²) in [5.41, 5.74) is 1.32. The van der Waals surface area contributed by atoms with Crippen molar-refractivity contribution in [3.05, 3.63) is 42.0 Å². The predicted molar refractivity (Wildman–Crippen MR) is 117 cm³/mol. The molecule has 162 valence electrons. The second-order valence-corrected chi connectivity index (χ2v) is 8.45. The molecule has 1 N–H and O–H groups in total. The topological polar surface area (TPSA) is 60.0 Å². The molecule has 30 heavy (non-hydrogen) atoms. The van der Waals surface area contributed by atoms with Gasteiger partial charge in [0.1, 0.15) is 12.4 Å². The number of carbonyl (C=O) groups is 1. The molecule has 1 amide bonds. The van der Waals surface area contributed by atoms with Gasteiger partial charge < -0.3 is 19.5 Å². The molecule has 2 aromatic carbocycles. The molecule has 0 bridgehead atoms. The summed E-state index contributed by atoms with van der Waals surface area (Å²) in [6.45, 7) is 3.68. The largest absolute Gasteiger partial charge is 0.496 e. The lowest BCUT2D eigenvalue weighted by molar-refractivity contribution is -0.126. The summed E-state index contributed by atoms with van der Waals surface area (Å²) in [7, 11) is 3.26. The van der Waals surface area contributed by atoms with Crippen LogP contribution >= 0.6 is 0 Å². The van der Waals surface area contributed by atoms with Gasteiger partial charge in [-0.15, -0.1) is 0 Å². The molecule has 0 aliphatic carbocycles. The van der Waals surface area contributed by atoms with Crippen LogP contribution in [0.2, 0.25) is 0 Å². The van der Waals surface area contributed by atoms with Gasteiger partial charge in [0.2, 0.25) is 5.91 Å². The second-order valence-electron chi connectivity index (χ2n) is 8.45. The number of fused-ring (bicyclic) bond motifs is 1. The Morgan fingerprint density at radius 2 is 1.90 bits per heavy atom. The van der Waals surface area contributed by atoms with Crippen LogP contribution in [0.25, 0.3) is 10.8 Å². The Morgan fingerprint density at radius 3 is 2.63 bits per heavy atom. The zero-order valence-corrected chi connectivity index (χ0v) is 18.0. The Hall–Kier alpha value is -2.15. The molecule has 4 rings (SSSR count). The number of methoxy groups -OCH3 is 2. The van der Waals surface area contributed by atoms with Crippen molar-refractivity contribution >= 4 is 16.7 Å². The summed E-state index contributed by atoms with van der Waals surface area (Å²) >= 11 is 0. The molecule has 6 heteroatoms. The van der Waals surface area contributed by atoms with E-state index in [2.05, 4.69) is 46.6 Å². The highest BCUT2D eigenvalue weighted by molar-refractivity contribution is 5.91. The number of hydrogen-bond donors (Lipinski definition) is 1. The highest BCUT2D eigenvalue weighted by Crippen LogP contribution is 2.39. The van der Waals surface area contributed by atoms with Crippen LogP contribution in [0.15, 0.2) is 36.4 Å². The van der Waals surface area contributed by atoms with Gasteiger partial charge in [-0.25, -0.2) is 0 Å². The summed E-state index contributed by atoms with van der Waals surface area (Å²) in [4.78, 5) is 14.1. The van der Waals surface area contributed by atoms with Crippen molar-refractivity contribution in [3.63, 3.8) is 0 Å². The van der Waals surface area contributed by atoms with E-state index < -0.39 is 0 Å². The zero-order chi connectivity index (χ0) is 21.0. The van der Waals surface area contributed by atoms with Crippen LogP contribution < -0.4 is 10.1 Å². The third-order valence-electron chi connectivity index (χ3n) is 6.50. The van der Waals surface area contributed by atoms with Crippen LogP contribution in [0.1, 0.15) is 31.2 Å². The minimum atomic E-state index is -0.0800. The lowest BCUT2D eigenvalue weighted by atomic mass is 9.88. The maximum absolute atomic E-state index is 11.6. The van der Waals surface area contributed by atoms with Crippen molar-refractivity contribution in [3.8, 4) is 5.75 Å². The molecule has 0 unspecified atom stereocenters. The lowest BCUT2D eigenvalue weighted by Crippen LogP contribution is -2.45. The van der Waals surface area contributed by atoms with Gasteiger partial charge in [-0.1, -0.05) is 30.3 Å². The molecular formula is C24H32N2O4. The first-order valence-electron chi connectivity index (χ1n) is 10.8. The fraction of sp³-hybridized carbons (Fsp3) is 0.542. The summed E-state index contributed by atoms with van der Waals surface area (Å²) in [6.07, 6.45) is 4.30. The average Bonchev–Trinajstić information content (AvgIpc) is 3.17. The number of likely N-dealkylation sites (tertiary alicyclic amines) is 1. The van der Waals surface area contributed by atoms with Gasteiger partial charge in [0.25, 0.3) is 0 Å². The fourth-order valence-corrected chi connectivity index (χ4v) is 4.83. The maximum Gasteiger partial charge on any atom is 0.246 e. The highest BCUT2D eigenvalue weighted by atomic mass is 16.5. The van der Waals surface area contributed by atoms with Gasteiger partial charge in [0.05, 0.1) is 18.8 Å². The molecule has 0 aromatic heterocycles. The normalized spacial score (nSPS) is 21.2. The van der Waals surface area contributed by atoms with E-state index in [1.54, 1.807) is 7.11 Å². The predicted octanol–water partition coefficient (Wildman–Crippen LogP) is 3.12. The van der Waals surface area contributed by atoms with Gasteiger partial charge in [-0.2, -0.15) is 0 Å². The molecule has 0 saturated carbocycles. The van der Waals surface area contributed by atoms with Crippen molar-refractivity contribution in [1.29, 1.82) is 0 Å². The summed E-state index contributed by atoms with van der Waals surface area (Å²) in [5.74, 6) is 0.846. The molecule has 2 aliphatic rings. The number of amides is 1. The van der Waals surface area contributed by atoms with Crippen LogP contribution in [-0.2, 0) is 20.8 Å². The molecule has 6 nitrogen and oxygen atoms in total. The van der Waals surface area contributed by atoms with E-state index in [1.165, 1.54) is 23.4 Å². The maximum atomic E-state index is 11.6. The van der Waals surface area contributed by atoms with Crippen molar-refractivity contribution in [2.75, 3.05) is 40.5 Å². The number of nitrogens with zero attached hydrogens (tertiary/aromatic N) is 1. The van der Waals surface area contributed by atoms with Crippen molar-refractivity contribution < 1.29 is 19.0 Å². The van der Waals surface area contributed by atoms with E-state index >= 15 is 0 Å². The van der Waals surface area contributed by atoms with Gasteiger partial charge in [0, 0.05) is 38.7 Å². The number of hydrogen-bond acceptors (Lipinski definition) is 5. The number of rotatable bonds is 7. The molecule has 0 radical (unpaired) electrons. The van der Waals surface area contributed by atoms with E-state index in [0.29, 0.717) is 6.54 Å². The van der Waals surface area contributed by atoms with Gasteiger partial charge in [0.15, 0.2) is 0 Å². The van der Waals surface area contributed by atoms with Gasteiger partial charge in [-0.05, 0) is 42.7 Å². The molecule has 2 saturated heterocycles. The first kappa shape index (κ1) is 21.1. The van der Waals surface area contributed by atoms with Crippen LogP contribution in [0, 0.1) is 0 Å².